The minimum atomic E-state index is 0.395. The van der Waals surface area contributed by atoms with Crippen LogP contribution in [0, 0.1) is 0 Å². The molecule has 0 heterocycles. The highest BCUT2D eigenvalue weighted by Crippen LogP contribution is 2.15. The summed E-state index contributed by atoms with van der Waals surface area (Å²) in [6.07, 6.45) is 15.2. The Hall–Kier alpha value is -0.0800. The Morgan fingerprint density at radius 2 is 1.38 bits per heavy atom. The molecule has 128 valence electrons. The number of hydrogen-bond acceptors (Lipinski definition) is 2. The van der Waals surface area contributed by atoms with E-state index in [1.807, 2.05) is 0 Å². The van der Waals surface area contributed by atoms with Crippen molar-refractivity contribution in [2.45, 2.75) is 110 Å². The molecule has 0 bridgehead atoms. The second-order valence-electron chi connectivity index (χ2n) is 6.23. The second kappa shape index (κ2) is 16.3. The Labute approximate surface area is 134 Å². The maximum absolute atomic E-state index is 5.91. The van der Waals surface area contributed by atoms with E-state index in [2.05, 4.69) is 33.0 Å². The van der Waals surface area contributed by atoms with Crippen molar-refractivity contribution in [3.05, 3.63) is 0 Å². The molecule has 2 atom stereocenters. The van der Waals surface area contributed by atoms with Gasteiger partial charge in [0.05, 0.1) is 6.10 Å². The molecule has 0 spiro atoms. The van der Waals surface area contributed by atoms with Gasteiger partial charge >= 0.3 is 0 Å². The lowest BCUT2D eigenvalue weighted by molar-refractivity contribution is 0.0290. The molecule has 21 heavy (non-hydrogen) atoms. The molecule has 0 radical (unpaired) electrons. The van der Waals surface area contributed by atoms with Gasteiger partial charge in [0.1, 0.15) is 0 Å². The van der Waals surface area contributed by atoms with Crippen molar-refractivity contribution >= 4 is 0 Å². The Bertz CT molecular complexity index is 196. The largest absolute Gasteiger partial charge is 0.377 e. The predicted octanol–water partition coefficient (Wildman–Crippen LogP) is 5.70. The van der Waals surface area contributed by atoms with Gasteiger partial charge in [-0.05, 0) is 32.7 Å². The first kappa shape index (κ1) is 20.9. The van der Waals surface area contributed by atoms with E-state index in [0.29, 0.717) is 12.1 Å². The molecule has 0 fully saturated rings. The van der Waals surface area contributed by atoms with Crippen molar-refractivity contribution < 1.29 is 4.74 Å². The van der Waals surface area contributed by atoms with Crippen LogP contribution in [0.3, 0.4) is 0 Å². The van der Waals surface area contributed by atoms with Crippen LogP contribution in [0.15, 0.2) is 0 Å². The summed E-state index contributed by atoms with van der Waals surface area (Å²) in [6.45, 7) is 10.8. The molecule has 2 heteroatoms. The Morgan fingerprint density at radius 3 is 1.90 bits per heavy atom. The molecule has 0 aliphatic heterocycles. The molecule has 0 aliphatic rings. The van der Waals surface area contributed by atoms with Crippen molar-refractivity contribution in [1.29, 1.82) is 0 Å². The first-order valence-electron chi connectivity index (χ1n) is 9.64. The summed E-state index contributed by atoms with van der Waals surface area (Å²) in [5, 5.41) is 3.70. The molecule has 1 N–H and O–H groups in total. The highest BCUT2D eigenvalue weighted by molar-refractivity contribution is 4.76. The maximum atomic E-state index is 5.91. The van der Waals surface area contributed by atoms with Crippen LogP contribution in [0.5, 0.6) is 0 Å². The highest BCUT2D eigenvalue weighted by Gasteiger charge is 2.18. The molecule has 0 amide bonds. The Morgan fingerprint density at radius 1 is 0.762 bits per heavy atom. The SMILES string of the molecule is CCCCCCCCCCC(NCCC)C(CC)OCC. The average Bonchev–Trinajstić information content (AvgIpc) is 2.51. The van der Waals surface area contributed by atoms with E-state index in [1.165, 1.54) is 64.2 Å². The monoisotopic (exact) mass is 299 g/mol. The minimum absolute atomic E-state index is 0.395. The van der Waals surface area contributed by atoms with Gasteiger partial charge in [-0.3, -0.25) is 0 Å². The zero-order valence-electron chi connectivity index (χ0n) is 15.3. The smallest absolute Gasteiger partial charge is 0.0725 e. The maximum Gasteiger partial charge on any atom is 0.0725 e. The molecular weight excluding hydrogens is 258 g/mol. The van der Waals surface area contributed by atoms with Crippen LogP contribution >= 0.6 is 0 Å². The van der Waals surface area contributed by atoms with Crippen LogP contribution in [-0.4, -0.2) is 25.3 Å². The van der Waals surface area contributed by atoms with Gasteiger partial charge in [0.2, 0.25) is 0 Å². The van der Waals surface area contributed by atoms with Crippen molar-refractivity contribution in [2.24, 2.45) is 0 Å². The predicted molar refractivity (Wildman–Crippen MR) is 95.0 cm³/mol. The Kier molecular flexibility index (Phi) is 16.2. The molecule has 0 aromatic rings. The number of hydrogen-bond donors (Lipinski definition) is 1. The summed E-state index contributed by atoms with van der Waals surface area (Å²) in [5.74, 6) is 0. The zero-order chi connectivity index (χ0) is 15.8. The Balaban J connectivity index is 3.79. The van der Waals surface area contributed by atoms with E-state index in [0.717, 1.165) is 19.6 Å². The van der Waals surface area contributed by atoms with Crippen LogP contribution in [0.25, 0.3) is 0 Å². The third-order valence-corrected chi connectivity index (χ3v) is 4.26. The number of rotatable bonds is 16. The third kappa shape index (κ3) is 12.2. The van der Waals surface area contributed by atoms with Crippen LogP contribution in [-0.2, 0) is 4.74 Å². The highest BCUT2D eigenvalue weighted by atomic mass is 16.5. The van der Waals surface area contributed by atoms with Gasteiger partial charge in [-0.25, -0.2) is 0 Å². The van der Waals surface area contributed by atoms with Crippen molar-refractivity contribution in [1.82, 2.24) is 5.32 Å². The van der Waals surface area contributed by atoms with Gasteiger partial charge < -0.3 is 10.1 Å². The molecular formula is C19H41NO. The van der Waals surface area contributed by atoms with E-state index in [4.69, 9.17) is 4.74 Å². The van der Waals surface area contributed by atoms with Gasteiger partial charge in [0.15, 0.2) is 0 Å². The molecule has 2 nitrogen and oxygen atoms in total. The van der Waals surface area contributed by atoms with Crippen LogP contribution < -0.4 is 5.32 Å². The quantitative estimate of drug-likeness (QED) is 0.369. The molecule has 0 rings (SSSR count). The summed E-state index contributed by atoms with van der Waals surface area (Å²) in [5.41, 5.74) is 0. The van der Waals surface area contributed by atoms with Crippen molar-refractivity contribution in [3.8, 4) is 0 Å². The van der Waals surface area contributed by atoms with E-state index < -0.39 is 0 Å². The van der Waals surface area contributed by atoms with Crippen LogP contribution in [0.2, 0.25) is 0 Å². The first-order chi connectivity index (χ1) is 10.3. The fourth-order valence-corrected chi connectivity index (χ4v) is 2.98. The lowest BCUT2D eigenvalue weighted by Gasteiger charge is -2.27. The van der Waals surface area contributed by atoms with E-state index in [-0.39, 0.29) is 0 Å². The van der Waals surface area contributed by atoms with E-state index >= 15 is 0 Å². The fourth-order valence-electron chi connectivity index (χ4n) is 2.98. The van der Waals surface area contributed by atoms with E-state index in [1.54, 1.807) is 0 Å². The van der Waals surface area contributed by atoms with Crippen LogP contribution in [0.4, 0.5) is 0 Å². The zero-order valence-corrected chi connectivity index (χ0v) is 15.3. The number of nitrogens with one attached hydrogen (secondary N) is 1. The van der Waals surface area contributed by atoms with Crippen LogP contribution in [0.1, 0.15) is 98.3 Å². The lowest BCUT2D eigenvalue weighted by atomic mass is 9.99. The molecule has 0 aromatic carbocycles. The van der Waals surface area contributed by atoms with Gasteiger partial charge in [0.25, 0.3) is 0 Å². The van der Waals surface area contributed by atoms with Gasteiger partial charge in [-0.1, -0.05) is 72.1 Å². The standard InChI is InChI=1S/C19H41NO/c1-5-9-10-11-12-13-14-15-16-18(20-17-6-2)19(7-3)21-8-4/h18-20H,5-17H2,1-4H3. The topological polar surface area (TPSA) is 21.3 Å². The fraction of sp³-hybridized carbons (Fsp3) is 1.00. The molecule has 0 aromatic heterocycles. The van der Waals surface area contributed by atoms with Crippen molar-refractivity contribution in [3.63, 3.8) is 0 Å². The molecule has 0 aliphatic carbocycles. The summed E-state index contributed by atoms with van der Waals surface area (Å²) < 4.78 is 5.91. The van der Waals surface area contributed by atoms with E-state index in [9.17, 15) is 0 Å². The van der Waals surface area contributed by atoms with Gasteiger partial charge in [-0.2, -0.15) is 0 Å². The summed E-state index contributed by atoms with van der Waals surface area (Å²) in [7, 11) is 0. The number of ether oxygens (including phenoxy) is 1. The first-order valence-corrected chi connectivity index (χ1v) is 9.64. The minimum Gasteiger partial charge on any atom is -0.377 e. The second-order valence-corrected chi connectivity index (χ2v) is 6.23. The van der Waals surface area contributed by atoms with Crippen molar-refractivity contribution in [2.75, 3.05) is 13.2 Å². The third-order valence-electron chi connectivity index (χ3n) is 4.26. The summed E-state index contributed by atoms with van der Waals surface area (Å²) in [6, 6.07) is 0.551. The normalized spacial score (nSPS) is 14.3. The van der Waals surface area contributed by atoms with Gasteiger partial charge in [-0.15, -0.1) is 0 Å². The summed E-state index contributed by atoms with van der Waals surface area (Å²) >= 11 is 0. The molecule has 2 unspecified atom stereocenters. The molecule has 0 saturated heterocycles. The lowest BCUT2D eigenvalue weighted by Crippen LogP contribution is -2.41. The van der Waals surface area contributed by atoms with Gasteiger partial charge in [0, 0.05) is 12.6 Å². The molecule has 0 saturated carbocycles. The average molecular weight is 300 g/mol. The number of unbranched alkanes of at least 4 members (excludes halogenated alkanes) is 7. The summed E-state index contributed by atoms with van der Waals surface area (Å²) in [4.78, 5) is 0.